The first kappa shape index (κ1) is 12.1. The van der Waals surface area contributed by atoms with Crippen molar-refractivity contribution < 1.29 is 0 Å². The second-order valence-electron chi connectivity index (χ2n) is 5.13. The van der Waals surface area contributed by atoms with Gasteiger partial charge >= 0.3 is 0 Å². The van der Waals surface area contributed by atoms with Gasteiger partial charge in [0.25, 0.3) is 0 Å². The molecule has 0 fully saturated rings. The number of H-pyrrole nitrogens is 1. The molecule has 0 saturated carbocycles. The van der Waals surface area contributed by atoms with Crippen LogP contribution in [0.2, 0.25) is 0 Å². The third kappa shape index (κ3) is 1.98. The first-order valence-corrected chi connectivity index (χ1v) is 7.02. The van der Waals surface area contributed by atoms with Crippen molar-refractivity contribution in [2.24, 2.45) is 4.99 Å². The number of aromatic amines is 1. The Bertz CT molecular complexity index is 810. The maximum absolute atomic E-state index is 4.42. The Morgan fingerprint density at radius 3 is 2.71 bits per heavy atom. The van der Waals surface area contributed by atoms with Crippen molar-refractivity contribution in [3.05, 3.63) is 48.4 Å². The first-order valence-electron chi connectivity index (χ1n) is 7.02. The molecule has 5 heteroatoms. The van der Waals surface area contributed by atoms with E-state index >= 15 is 0 Å². The third-order valence-electron chi connectivity index (χ3n) is 3.77. The molecule has 1 aromatic carbocycles. The fourth-order valence-corrected chi connectivity index (χ4v) is 2.69. The Hall–Kier alpha value is -2.69. The van der Waals surface area contributed by atoms with Crippen LogP contribution in [0.25, 0.3) is 22.6 Å². The number of nitrogens with one attached hydrogen (secondary N) is 1. The predicted molar refractivity (Wildman–Crippen MR) is 82.3 cm³/mol. The zero-order valence-electron chi connectivity index (χ0n) is 11.7. The zero-order valence-corrected chi connectivity index (χ0v) is 11.7. The van der Waals surface area contributed by atoms with Crippen LogP contribution in [0.5, 0.6) is 0 Å². The van der Waals surface area contributed by atoms with E-state index in [1.807, 2.05) is 31.3 Å². The van der Waals surface area contributed by atoms with Crippen LogP contribution in [0.1, 0.15) is 12.7 Å². The monoisotopic (exact) mass is 277 g/mol. The molecule has 0 atom stereocenters. The van der Waals surface area contributed by atoms with E-state index in [0.29, 0.717) is 0 Å². The van der Waals surface area contributed by atoms with Gasteiger partial charge in [0.1, 0.15) is 0 Å². The molecule has 3 heterocycles. The molecule has 4 rings (SSSR count). The van der Waals surface area contributed by atoms with Crippen LogP contribution in [-0.2, 0) is 6.54 Å². The van der Waals surface area contributed by atoms with Crippen LogP contribution in [0.3, 0.4) is 0 Å². The quantitative estimate of drug-likeness (QED) is 0.783. The van der Waals surface area contributed by atoms with Crippen LogP contribution in [0.15, 0.2) is 47.6 Å². The minimum atomic E-state index is 0.792. The lowest BCUT2D eigenvalue weighted by molar-refractivity contribution is 0.686. The van der Waals surface area contributed by atoms with Crippen LogP contribution in [0.4, 0.5) is 0 Å². The summed E-state index contributed by atoms with van der Waals surface area (Å²) in [6.45, 7) is 3.61. The molecular formula is C16H15N5. The second-order valence-corrected chi connectivity index (χ2v) is 5.13. The van der Waals surface area contributed by atoms with Gasteiger partial charge in [-0.05, 0) is 18.6 Å². The molecule has 5 nitrogen and oxygen atoms in total. The maximum atomic E-state index is 4.42. The van der Waals surface area contributed by atoms with E-state index in [0.717, 1.165) is 41.7 Å². The average Bonchev–Trinajstić information content (AvgIpc) is 3.15. The van der Waals surface area contributed by atoms with Crippen LogP contribution >= 0.6 is 0 Å². The number of aromatic nitrogens is 4. The van der Waals surface area contributed by atoms with E-state index in [1.54, 1.807) is 0 Å². The van der Waals surface area contributed by atoms with Crippen molar-refractivity contribution in [2.75, 3.05) is 6.54 Å². The summed E-state index contributed by atoms with van der Waals surface area (Å²) in [5.41, 5.74) is 4.27. The summed E-state index contributed by atoms with van der Waals surface area (Å²) in [5, 5.41) is 8.60. The van der Waals surface area contributed by atoms with Gasteiger partial charge in [0, 0.05) is 24.0 Å². The Kier molecular flexibility index (Phi) is 2.70. The molecule has 0 spiro atoms. The van der Waals surface area contributed by atoms with Crippen LogP contribution in [0, 0.1) is 0 Å². The SMILES string of the molecule is CC1=NCCn2c1nnc2-c1c[nH]c(-c2ccccc2)c1. The van der Waals surface area contributed by atoms with E-state index in [2.05, 4.69) is 42.9 Å². The fraction of sp³-hybridized carbons (Fsp3) is 0.188. The highest BCUT2D eigenvalue weighted by Crippen LogP contribution is 2.26. The molecular weight excluding hydrogens is 262 g/mol. The predicted octanol–water partition coefficient (Wildman–Crippen LogP) is 2.76. The lowest BCUT2D eigenvalue weighted by Gasteiger charge is -2.12. The van der Waals surface area contributed by atoms with E-state index in [4.69, 9.17) is 0 Å². The molecule has 0 unspecified atom stereocenters. The number of hydrogen-bond acceptors (Lipinski definition) is 3. The molecule has 3 aromatic rings. The Morgan fingerprint density at radius 2 is 1.86 bits per heavy atom. The molecule has 1 aliphatic heterocycles. The molecule has 0 bridgehead atoms. The average molecular weight is 277 g/mol. The van der Waals surface area contributed by atoms with Crippen molar-refractivity contribution in [3.8, 4) is 22.6 Å². The van der Waals surface area contributed by atoms with Gasteiger partial charge in [0.2, 0.25) is 0 Å². The van der Waals surface area contributed by atoms with Crippen molar-refractivity contribution in [3.63, 3.8) is 0 Å². The number of benzene rings is 1. The number of rotatable bonds is 2. The van der Waals surface area contributed by atoms with Crippen molar-refractivity contribution in [2.45, 2.75) is 13.5 Å². The molecule has 0 radical (unpaired) electrons. The van der Waals surface area contributed by atoms with E-state index in [1.165, 1.54) is 5.56 Å². The molecule has 0 amide bonds. The lowest BCUT2D eigenvalue weighted by Crippen LogP contribution is -2.17. The highest BCUT2D eigenvalue weighted by Gasteiger charge is 2.19. The highest BCUT2D eigenvalue weighted by molar-refractivity contribution is 5.96. The van der Waals surface area contributed by atoms with Crippen molar-refractivity contribution in [1.29, 1.82) is 0 Å². The number of hydrogen-bond donors (Lipinski definition) is 1. The van der Waals surface area contributed by atoms with Crippen LogP contribution in [-0.4, -0.2) is 32.0 Å². The maximum Gasteiger partial charge on any atom is 0.177 e. The molecule has 104 valence electrons. The van der Waals surface area contributed by atoms with Gasteiger partial charge in [-0.3, -0.25) is 4.99 Å². The van der Waals surface area contributed by atoms with Gasteiger partial charge in [0.15, 0.2) is 11.6 Å². The van der Waals surface area contributed by atoms with Gasteiger partial charge in [-0.15, -0.1) is 10.2 Å². The number of aliphatic imine (C=N–C) groups is 1. The Balaban J connectivity index is 1.76. The minimum Gasteiger partial charge on any atom is -0.360 e. The third-order valence-corrected chi connectivity index (χ3v) is 3.77. The van der Waals surface area contributed by atoms with Gasteiger partial charge in [-0.2, -0.15) is 0 Å². The van der Waals surface area contributed by atoms with Crippen molar-refractivity contribution >= 4 is 5.71 Å². The van der Waals surface area contributed by atoms with Crippen LogP contribution < -0.4 is 0 Å². The summed E-state index contributed by atoms with van der Waals surface area (Å²) in [5.74, 6) is 1.77. The zero-order chi connectivity index (χ0) is 14.2. The summed E-state index contributed by atoms with van der Waals surface area (Å²) in [4.78, 5) is 7.73. The van der Waals surface area contributed by atoms with Gasteiger partial charge in [0.05, 0.1) is 12.3 Å². The number of fused-ring (bicyclic) bond motifs is 1. The normalized spacial score (nSPS) is 13.9. The summed E-state index contributed by atoms with van der Waals surface area (Å²) in [7, 11) is 0. The molecule has 21 heavy (non-hydrogen) atoms. The van der Waals surface area contributed by atoms with E-state index < -0.39 is 0 Å². The molecule has 1 N–H and O–H groups in total. The Labute approximate surface area is 122 Å². The van der Waals surface area contributed by atoms with Gasteiger partial charge in [-0.25, -0.2) is 0 Å². The number of nitrogens with zero attached hydrogens (tertiary/aromatic N) is 4. The van der Waals surface area contributed by atoms with Gasteiger partial charge in [-0.1, -0.05) is 30.3 Å². The summed E-state index contributed by atoms with van der Waals surface area (Å²) in [6.07, 6.45) is 1.99. The first-order chi connectivity index (χ1) is 10.3. The molecule has 1 aliphatic rings. The standard InChI is InChI=1S/C16H15N5/c1-11-15-19-20-16(21(15)8-7-17-11)13-9-14(18-10-13)12-5-3-2-4-6-12/h2-6,9-10,18H,7-8H2,1H3. The minimum absolute atomic E-state index is 0.792. The summed E-state index contributed by atoms with van der Waals surface area (Å²) < 4.78 is 2.14. The van der Waals surface area contributed by atoms with E-state index in [9.17, 15) is 0 Å². The highest BCUT2D eigenvalue weighted by atomic mass is 15.3. The topological polar surface area (TPSA) is 58.9 Å². The summed E-state index contributed by atoms with van der Waals surface area (Å²) >= 11 is 0. The molecule has 0 saturated heterocycles. The second kappa shape index (κ2) is 4.70. The fourth-order valence-electron chi connectivity index (χ4n) is 2.69. The Morgan fingerprint density at radius 1 is 1.05 bits per heavy atom. The smallest absolute Gasteiger partial charge is 0.177 e. The largest absolute Gasteiger partial charge is 0.360 e. The van der Waals surface area contributed by atoms with Crippen molar-refractivity contribution in [1.82, 2.24) is 19.7 Å². The van der Waals surface area contributed by atoms with Gasteiger partial charge < -0.3 is 9.55 Å². The molecule has 2 aromatic heterocycles. The molecule has 0 aliphatic carbocycles. The summed E-state index contributed by atoms with van der Waals surface area (Å²) in [6, 6.07) is 12.4. The lowest BCUT2D eigenvalue weighted by atomic mass is 10.1. The van der Waals surface area contributed by atoms with E-state index in [-0.39, 0.29) is 0 Å².